The van der Waals surface area contributed by atoms with Crippen molar-refractivity contribution < 1.29 is 4.39 Å². The third-order valence-electron chi connectivity index (χ3n) is 3.48. The summed E-state index contributed by atoms with van der Waals surface area (Å²) in [6, 6.07) is 6.90. The first-order valence-electron chi connectivity index (χ1n) is 6.37. The number of aromatic amines is 1. The number of nitrogens with one attached hydrogen (secondary N) is 2. The van der Waals surface area contributed by atoms with E-state index in [2.05, 4.69) is 15.5 Å². The molecular weight excluding hydrogens is 229 g/mol. The lowest BCUT2D eigenvalue weighted by Crippen LogP contribution is -2.27. The van der Waals surface area contributed by atoms with Crippen LogP contribution in [-0.2, 0) is 0 Å². The zero-order valence-corrected chi connectivity index (χ0v) is 10.1. The Bertz CT molecular complexity index is 512. The maximum Gasteiger partial charge on any atom is 0.123 e. The second-order valence-electron chi connectivity index (χ2n) is 4.71. The molecule has 0 aliphatic carbocycles. The molecule has 3 nitrogen and oxygen atoms in total. The van der Waals surface area contributed by atoms with Crippen molar-refractivity contribution in [3.8, 4) is 11.1 Å². The SMILES string of the molecule is Fc1ccc(-c2cn[nH]c2C2CCCCN2)cc1. The molecular formula is C14H16FN3. The van der Waals surface area contributed by atoms with Crippen molar-refractivity contribution in [2.75, 3.05) is 6.54 Å². The molecule has 1 unspecified atom stereocenters. The van der Waals surface area contributed by atoms with Crippen LogP contribution in [0, 0.1) is 5.82 Å². The summed E-state index contributed by atoms with van der Waals surface area (Å²) in [7, 11) is 0. The fourth-order valence-electron chi connectivity index (χ4n) is 2.52. The monoisotopic (exact) mass is 245 g/mol. The average molecular weight is 245 g/mol. The Morgan fingerprint density at radius 2 is 2.00 bits per heavy atom. The number of piperidine rings is 1. The van der Waals surface area contributed by atoms with E-state index in [9.17, 15) is 4.39 Å². The molecule has 1 saturated heterocycles. The van der Waals surface area contributed by atoms with Crippen LogP contribution >= 0.6 is 0 Å². The summed E-state index contributed by atoms with van der Waals surface area (Å²) in [4.78, 5) is 0. The zero-order valence-electron chi connectivity index (χ0n) is 10.1. The lowest BCUT2D eigenvalue weighted by Gasteiger charge is -2.23. The molecule has 2 aromatic rings. The van der Waals surface area contributed by atoms with Gasteiger partial charge in [0, 0.05) is 11.6 Å². The Kier molecular flexibility index (Phi) is 3.11. The molecule has 3 rings (SSSR count). The van der Waals surface area contributed by atoms with Gasteiger partial charge in [-0.3, -0.25) is 5.10 Å². The van der Waals surface area contributed by atoms with Crippen LogP contribution in [0.3, 0.4) is 0 Å². The highest BCUT2D eigenvalue weighted by atomic mass is 19.1. The number of H-pyrrole nitrogens is 1. The van der Waals surface area contributed by atoms with Crippen molar-refractivity contribution >= 4 is 0 Å². The van der Waals surface area contributed by atoms with Gasteiger partial charge in [-0.15, -0.1) is 0 Å². The third-order valence-corrected chi connectivity index (χ3v) is 3.48. The highest BCUT2D eigenvalue weighted by molar-refractivity contribution is 5.65. The molecule has 0 bridgehead atoms. The van der Waals surface area contributed by atoms with Crippen LogP contribution in [0.4, 0.5) is 4.39 Å². The van der Waals surface area contributed by atoms with E-state index >= 15 is 0 Å². The summed E-state index contributed by atoms with van der Waals surface area (Å²) in [6.07, 6.45) is 5.41. The minimum atomic E-state index is -0.209. The summed E-state index contributed by atoms with van der Waals surface area (Å²) in [5.41, 5.74) is 3.18. The summed E-state index contributed by atoms with van der Waals surface area (Å²) >= 11 is 0. The van der Waals surface area contributed by atoms with Crippen LogP contribution in [0.2, 0.25) is 0 Å². The fraction of sp³-hybridized carbons (Fsp3) is 0.357. The standard InChI is InChI=1S/C14H16FN3/c15-11-6-4-10(5-7-11)12-9-17-18-14(12)13-3-1-2-8-16-13/h4-7,9,13,16H,1-3,8H2,(H,17,18). The van der Waals surface area contributed by atoms with Gasteiger partial charge in [0.15, 0.2) is 0 Å². The topological polar surface area (TPSA) is 40.7 Å². The van der Waals surface area contributed by atoms with Crippen LogP contribution in [0.5, 0.6) is 0 Å². The smallest absolute Gasteiger partial charge is 0.123 e. The second kappa shape index (κ2) is 4.90. The van der Waals surface area contributed by atoms with Crippen LogP contribution in [0.25, 0.3) is 11.1 Å². The number of aromatic nitrogens is 2. The normalized spacial score (nSPS) is 19.9. The zero-order chi connectivity index (χ0) is 12.4. The van der Waals surface area contributed by atoms with Gasteiger partial charge < -0.3 is 5.32 Å². The number of rotatable bonds is 2. The Labute approximate surface area is 105 Å². The maximum atomic E-state index is 12.9. The van der Waals surface area contributed by atoms with Gasteiger partial charge in [0.1, 0.15) is 5.82 Å². The fourth-order valence-corrected chi connectivity index (χ4v) is 2.52. The average Bonchev–Trinajstić information content (AvgIpc) is 2.90. The molecule has 94 valence electrons. The molecule has 1 atom stereocenters. The molecule has 18 heavy (non-hydrogen) atoms. The van der Waals surface area contributed by atoms with Gasteiger partial charge in [0.2, 0.25) is 0 Å². The van der Waals surface area contributed by atoms with Crippen molar-refractivity contribution in [3.63, 3.8) is 0 Å². The molecule has 1 aliphatic rings. The van der Waals surface area contributed by atoms with Crippen molar-refractivity contribution in [3.05, 3.63) is 42.0 Å². The van der Waals surface area contributed by atoms with E-state index in [0.29, 0.717) is 6.04 Å². The Balaban J connectivity index is 1.93. The van der Waals surface area contributed by atoms with Crippen molar-refractivity contribution in [2.45, 2.75) is 25.3 Å². The van der Waals surface area contributed by atoms with Crippen molar-refractivity contribution in [1.29, 1.82) is 0 Å². The van der Waals surface area contributed by atoms with E-state index in [1.54, 1.807) is 12.1 Å². The number of halogens is 1. The molecule has 0 spiro atoms. The maximum absolute atomic E-state index is 12.9. The first kappa shape index (κ1) is 11.4. The van der Waals surface area contributed by atoms with Gasteiger partial charge in [-0.2, -0.15) is 5.10 Å². The molecule has 0 amide bonds. The van der Waals surface area contributed by atoms with Gasteiger partial charge >= 0.3 is 0 Å². The van der Waals surface area contributed by atoms with Crippen LogP contribution < -0.4 is 5.32 Å². The summed E-state index contributed by atoms with van der Waals surface area (Å²) < 4.78 is 12.9. The van der Waals surface area contributed by atoms with Gasteiger partial charge in [-0.1, -0.05) is 18.6 Å². The van der Waals surface area contributed by atoms with Crippen LogP contribution in [0.15, 0.2) is 30.5 Å². The summed E-state index contributed by atoms with van der Waals surface area (Å²) in [6.45, 7) is 1.05. The Morgan fingerprint density at radius 3 is 2.72 bits per heavy atom. The number of nitrogens with zero attached hydrogens (tertiary/aromatic N) is 1. The molecule has 4 heteroatoms. The predicted molar refractivity (Wildman–Crippen MR) is 68.6 cm³/mol. The lowest BCUT2D eigenvalue weighted by atomic mass is 9.96. The van der Waals surface area contributed by atoms with Gasteiger partial charge in [0.05, 0.1) is 11.9 Å². The Hall–Kier alpha value is -1.68. The molecule has 0 saturated carbocycles. The number of hydrogen-bond acceptors (Lipinski definition) is 2. The van der Waals surface area contributed by atoms with Crippen molar-refractivity contribution in [2.24, 2.45) is 0 Å². The molecule has 1 aromatic carbocycles. The molecule has 1 aliphatic heterocycles. The van der Waals surface area contributed by atoms with E-state index in [1.165, 1.54) is 25.0 Å². The van der Waals surface area contributed by atoms with E-state index < -0.39 is 0 Å². The first-order valence-corrected chi connectivity index (χ1v) is 6.37. The van der Waals surface area contributed by atoms with Gasteiger partial charge in [-0.25, -0.2) is 4.39 Å². The minimum absolute atomic E-state index is 0.209. The van der Waals surface area contributed by atoms with Gasteiger partial charge in [0.25, 0.3) is 0 Å². The molecule has 1 fully saturated rings. The quantitative estimate of drug-likeness (QED) is 0.853. The number of benzene rings is 1. The highest BCUT2D eigenvalue weighted by Gasteiger charge is 2.20. The highest BCUT2D eigenvalue weighted by Crippen LogP contribution is 2.30. The molecule has 0 radical (unpaired) electrons. The lowest BCUT2D eigenvalue weighted by molar-refractivity contribution is 0.405. The van der Waals surface area contributed by atoms with Crippen LogP contribution in [-0.4, -0.2) is 16.7 Å². The van der Waals surface area contributed by atoms with E-state index in [-0.39, 0.29) is 5.82 Å². The minimum Gasteiger partial charge on any atom is -0.309 e. The third kappa shape index (κ3) is 2.16. The summed E-state index contributed by atoms with van der Waals surface area (Å²) in [5, 5.41) is 10.7. The molecule has 1 aromatic heterocycles. The van der Waals surface area contributed by atoms with E-state index in [4.69, 9.17) is 0 Å². The van der Waals surface area contributed by atoms with E-state index in [1.807, 2.05) is 6.20 Å². The van der Waals surface area contributed by atoms with Crippen molar-refractivity contribution in [1.82, 2.24) is 15.5 Å². The Morgan fingerprint density at radius 1 is 1.17 bits per heavy atom. The first-order chi connectivity index (χ1) is 8.84. The predicted octanol–water partition coefficient (Wildman–Crippen LogP) is 3.03. The second-order valence-corrected chi connectivity index (χ2v) is 4.71. The molecule has 2 N–H and O–H groups in total. The van der Waals surface area contributed by atoms with Crippen LogP contribution in [0.1, 0.15) is 31.0 Å². The summed E-state index contributed by atoms with van der Waals surface area (Å²) in [5.74, 6) is -0.209. The number of hydrogen-bond donors (Lipinski definition) is 2. The van der Waals surface area contributed by atoms with Gasteiger partial charge in [-0.05, 0) is 37.1 Å². The molecule has 2 heterocycles. The van der Waals surface area contributed by atoms with E-state index in [0.717, 1.165) is 29.8 Å². The largest absolute Gasteiger partial charge is 0.309 e.